The molecule has 1 saturated heterocycles. The number of amides is 3. The number of methoxy groups -OCH3 is 1. The first-order chi connectivity index (χ1) is 16.8. The quantitative estimate of drug-likeness (QED) is 0.528. The predicted molar refractivity (Wildman–Crippen MR) is 125 cm³/mol. The summed E-state index contributed by atoms with van der Waals surface area (Å²) in [6.45, 7) is 0.507. The molecule has 10 heteroatoms. The van der Waals surface area contributed by atoms with Crippen molar-refractivity contribution in [1.82, 2.24) is 10.3 Å². The van der Waals surface area contributed by atoms with Crippen molar-refractivity contribution in [1.29, 1.82) is 0 Å². The fourth-order valence-electron chi connectivity index (χ4n) is 3.93. The molecule has 2 N–H and O–H groups in total. The highest BCUT2D eigenvalue weighted by Gasteiger charge is 2.32. The van der Waals surface area contributed by atoms with Gasteiger partial charge in [0.15, 0.2) is 0 Å². The Bertz CT molecular complexity index is 1200. The predicted octanol–water partition coefficient (Wildman–Crippen LogP) is 5.09. The lowest BCUT2D eigenvalue weighted by Gasteiger charge is -2.32. The number of nitrogens with zero attached hydrogens (tertiary/aromatic N) is 2. The first kappa shape index (κ1) is 24.1. The fourth-order valence-corrected chi connectivity index (χ4v) is 3.93. The fraction of sp³-hybridized carbons (Fsp3) is 0.240. The van der Waals surface area contributed by atoms with Gasteiger partial charge in [-0.15, -0.1) is 0 Å². The summed E-state index contributed by atoms with van der Waals surface area (Å²) >= 11 is 0. The monoisotopic (exact) mass is 484 g/mol. The van der Waals surface area contributed by atoms with Crippen LogP contribution in [0.5, 0.6) is 5.88 Å². The lowest BCUT2D eigenvalue weighted by atomic mass is 10.0. The van der Waals surface area contributed by atoms with Gasteiger partial charge < -0.3 is 20.3 Å². The van der Waals surface area contributed by atoms with E-state index < -0.39 is 23.8 Å². The van der Waals surface area contributed by atoms with E-state index in [9.17, 15) is 22.8 Å². The van der Waals surface area contributed by atoms with Crippen LogP contribution in [0.3, 0.4) is 0 Å². The standard InChI is InChI=1S/C25H23F3N4O3/c1-35-22-20(4-2-14-29-22)16-6-12-19(13-7-16)32-15-3-5-21(23(32)33)31-24(34)30-18-10-8-17(9-11-18)25(26,27)28/h2,4,6-14,21H,3,5,15H2,1H3,(H2,30,31,34). The van der Waals surface area contributed by atoms with Crippen molar-refractivity contribution < 1.29 is 27.5 Å². The molecule has 0 spiro atoms. The number of anilines is 2. The summed E-state index contributed by atoms with van der Waals surface area (Å²) in [6.07, 6.45) is -1.68. The van der Waals surface area contributed by atoms with Gasteiger partial charge in [0.1, 0.15) is 6.04 Å². The Hall–Kier alpha value is -4.08. The van der Waals surface area contributed by atoms with Gasteiger partial charge in [0.25, 0.3) is 0 Å². The number of carbonyl (C=O) groups excluding carboxylic acids is 2. The van der Waals surface area contributed by atoms with Crippen molar-refractivity contribution in [3.8, 4) is 17.0 Å². The van der Waals surface area contributed by atoms with E-state index in [-0.39, 0.29) is 11.6 Å². The van der Waals surface area contributed by atoms with Gasteiger partial charge in [-0.25, -0.2) is 9.78 Å². The van der Waals surface area contributed by atoms with Crippen LogP contribution in [0.2, 0.25) is 0 Å². The second kappa shape index (κ2) is 10.0. The van der Waals surface area contributed by atoms with Crippen LogP contribution >= 0.6 is 0 Å². The number of nitrogens with one attached hydrogen (secondary N) is 2. The Morgan fingerprint density at radius 1 is 1.09 bits per heavy atom. The van der Waals surface area contributed by atoms with E-state index in [4.69, 9.17) is 4.74 Å². The number of pyridine rings is 1. The Kier molecular flexibility index (Phi) is 6.90. The Morgan fingerprint density at radius 3 is 2.46 bits per heavy atom. The SMILES string of the molecule is COc1ncccc1-c1ccc(N2CCCC(NC(=O)Nc3ccc(C(F)(F)F)cc3)C2=O)cc1. The molecule has 1 aliphatic rings. The molecule has 3 aromatic rings. The van der Waals surface area contributed by atoms with Crippen LogP contribution < -0.4 is 20.3 Å². The van der Waals surface area contributed by atoms with Crippen LogP contribution in [-0.4, -0.2) is 36.6 Å². The van der Waals surface area contributed by atoms with Crippen molar-refractivity contribution in [2.24, 2.45) is 0 Å². The number of rotatable bonds is 5. The lowest BCUT2D eigenvalue weighted by molar-refractivity contribution is -0.137. The van der Waals surface area contributed by atoms with Gasteiger partial charge in [0.2, 0.25) is 11.8 Å². The van der Waals surface area contributed by atoms with Gasteiger partial charge in [-0.2, -0.15) is 13.2 Å². The zero-order valence-corrected chi connectivity index (χ0v) is 18.8. The Labute approximate surface area is 199 Å². The maximum atomic E-state index is 13.1. The number of alkyl halides is 3. The smallest absolute Gasteiger partial charge is 0.416 e. The van der Waals surface area contributed by atoms with Crippen molar-refractivity contribution in [3.63, 3.8) is 0 Å². The van der Waals surface area contributed by atoms with Crippen molar-refractivity contribution in [2.45, 2.75) is 25.1 Å². The molecule has 35 heavy (non-hydrogen) atoms. The zero-order chi connectivity index (χ0) is 25.0. The van der Waals surface area contributed by atoms with Crippen LogP contribution in [0, 0.1) is 0 Å². The van der Waals surface area contributed by atoms with Crippen molar-refractivity contribution in [2.75, 3.05) is 23.9 Å². The van der Waals surface area contributed by atoms with Crippen LogP contribution in [0.4, 0.5) is 29.3 Å². The molecule has 2 heterocycles. The number of urea groups is 1. The minimum absolute atomic E-state index is 0.192. The Balaban J connectivity index is 1.40. The van der Waals surface area contributed by atoms with Crippen LogP contribution in [-0.2, 0) is 11.0 Å². The number of halogens is 3. The highest BCUT2D eigenvalue weighted by molar-refractivity contribution is 6.01. The summed E-state index contributed by atoms with van der Waals surface area (Å²) in [5.74, 6) is 0.239. The summed E-state index contributed by atoms with van der Waals surface area (Å²) in [5, 5.41) is 5.10. The second-order valence-corrected chi connectivity index (χ2v) is 7.97. The minimum Gasteiger partial charge on any atom is -0.481 e. The number of ether oxygens (including phenoxy) is 1. The van der Waals surface area contributed by atoms with Crippen LogP contribution in [0.15, 0.2) is 66.9 Å². The highest BCUT2D eigenvalue weighted by Crippen LogP contribution is 2.31. The van der Waals surface area contributed by atoms with E-state index in [2.05, 4.69) is 15.6 Å². The molecule has 1 unspecified atom stereocenters. The molecule has 0 aliphatic carbocycles. The third-order valence-corrected chi connectivity index (χ3v) is 5.67. The third kappa shape index (κ3) is 5.53. The number of carbonyl (C=O) groups is 2. The van der Waals surface area contributed by atoms with E-state index in [1.165, 1.54) is 0 Å². The number of hydrogen-bond acceptors (Lipinski definition) is 4. The van der Waals surface area contributed by atoms with Crippen molar-refractivity contribution >= 4 is 23.3 Å². The van der Waals surface area contributed by atoms with Crippen LogP contribution in [0.25, 0.3) is 11.1 Å². The average molecular weight is 484 g/mol. The second-order valence-electron chi connectivity index (χ2n) is 7.97. The number of aromatic nitrogens is 1. The molecular weight excluding hydrogens is 461 g/mol. The van der Waals surface area contributed by atoms with Gasteiger partial charge in [-0.05, 0) is 66.9 Å². The van der Waals surface area contributed by atoms with Gasteiger partial charge in [0, 0.05) is 29.7 Å². The molecule has 3 amide bonds. The van der Waals surface area contributed by atoms with Gasteiger partial charge in [-0.3, -0.25) is 4.79 Å². The molecule has 0 radical (unpaired) electrons. The molecule has 1 atom stereocenters. The first-order valence-corrected chi connectivity index (χ1v) is 10.9. The number of hydrogen-bond donors (Lipinski definition) is 2. The van der Waals surface area contributed by atoms with Crippen LogP contribution in [0.1, 0.15) is 18.4 Å². The lowest BCUT2D eigenvalue weighted by Crippen LogP contribution is -2.53. The van der Waals surface area contributed by atoms with E-state index >= 15 is 0 Å². The summed E-state index contributed by atoms with van der Waals surface area (Å²) < 4.78 is 43.4. The van der Waals surface area contributed by atoms with Gasteiger partial charge in [0.05, 0.1) is 12.7 Å². The number of benzene rings is 2. The molecule has 4 rings (SSSR count). The average Bonchev–Trinajstić information content (AvgIpc) is 2.85. The zero-order valence-electron chi connectivity index (χ0n) is 18.8. The molecule has 0 saturated carbocycles. The summed E-state index contributed by atoms with van der Waals surface area (Å²) in [5.41, 5.74) is 1.78. The van der Waals surface area contributed by atoms with E-state index in [0.717, 1.165) is 35.4 Å². The third-order valence-electron chi connectivity index (χ3n) is 5.67. The summed E-state index contributed by atoms with van der Waals surface area (Å²) in [6, 6.07) is 13.8. The van der Waals surface area contributed by atoms with E-state index in [1.54, 1.807) is 18.2 Å². The normalized spacial score (nSPS) is 16.1. The molecular formula is C25H23F3N4O3. The molecule has 1 fully saturated rings. The molecule has 182 valence electrons. The topological polar surface area (TPSA) is 83.6 Å². The highest BCUT2D eigenvalue weighted by atomic mass is 19.4. The van der Waals surface area contributed by atoms with E-state index in [0.29, 0.717) is 31.0 Å². The van der Waals surface area contributed by atoms with Gasteiger partial charge >= 0.3 is 12.2 Å². The molecule has 0 bridgehead atoms. The molecule has 1 aromatic heterocycles. The maximum absolute atomic E-state index is 13.1. The minimum atomic E-state index is -4.46. The molecule has 1 aliphatic heterocycles. The van der Waals surface area contributed by atoms with Crippen molar-refractivity contribution in [3.05, 3.63) is 72.4 Å². The largest absolute Gasteiger partial charge is 0.481 e. The van der Waals surface area contributed by atoms with Gasteiger partial charge in [-0.1, -0.05) is 12.1 Å². The molecule has 7 nitrogen and oxygen atoms in total. The molecule has 2 aromatic carbocycles. The summed E-state index contributed by atoms with van der Waals surface area (Å²) in [4.78, 5) is 31.2. The summed E-state index contributed by atoms with van der Waals surface area (Å²) in [7, 11) is 1.55. The Morgan fingerprint density at radius 2 is 1.80 bits per heavy atom. The maximum Gasteiger partial charge on any atom is 0.416 e. The first-order valence-electron chi connectivity index (χ1n) is 10.9. The van der Waals surface area contributed by atoms with E-state index in [1.807, 2.05) is 36.4 Å². The number of piperidine rings is 1.